The maximum absolute atomic E-state index is 12.1. The average Bonchev–Trinajstić information content (AvgIpc) is 3.27. The van der Waals surface area contributed by atoms with Gasteiger partial charge in [0.1, 0.15) is 0 Å². The number of unbranched alkanes of at least 4 members (excludes halogenated alkanes) is 52. The average molecular weight is 860 g/mol. The van der Waals surface area contributed by atoms with Crippen LogP contribution in [0.4, 0.5) is 0 Å². The third-order valence-electron chi connectivity index (χ3n) is 14.0. The molecule has 0 aliphatic rings. The van der Waals surface area contributed by atoms with Crippen molar-refractivity contribution in [2.75, 3.05) is 6.61 Å². The fraction of sp³-hybridized carbons (Fsp3) is 0.983. The fourth-order valence-corrected chi connectivity index (χ4v) is 9.61. The second-order valence-electron chi connectivity index (χ2n) is 20.4. The lowest BCUT2D eigenvalue weighted by molar-refractivity contribution is -0.143. The van der Waals surface area contributed by atoms with Crippen molar-refractivity contribution < 1.29 is 9.53 Å². The van der Waals surface area contributed by atoms with Gasteiger partial charge in [-0.25, -0.2) is 0 Å². The molecule has 0 aromatic rings. The molecular formula is C59H118O2. The molecule has 0 radical (unpaired) electrons. The minimum atomic E-state index is 0.0356. The predicted octanol–water partition coefficient (Wildman–Crippen LogP) is 22.0. The van der Waals surface area contributed by atoms with Gasteiger partial charge in [0.05, 0.1) is 6.61 Å². The summed E-state index contributed by atoms with van der Waals surface area (Å²) < 4.78 is 5.51. The molecule has 0 fully saturated rings. The topological polar surface area (TPSA) is 26.3 Å². The Labute approximate surface area is 387 Å². The molecule has 2 heteroatoms. The first kappa shape index (κ1) is 60.5. The van der Waals surface area contributed by atoms with E-state index in [-0.39, 0.29) is 5.97 Å². The van der Waals surface area contributed by atoms with E-state index in [1.165, 1.54) is 334 Å². The molecule has 0 N–H and O–H groups in total. The summed E-state index contributed by atoms with van der Waals surface area (Å²) in [6.45, 7) is 5.25. The Bertz CT molecular complexity index is 762. The number of esters is 1. The lowest BCUT2D eigenvalue weighted by Crippen LogP contribution is -2.05. The minimum Gasteiger partial charge on any atom is -0.466 e. The van der Waals surface area contributed by atoms with Gasteiger partial charge in [-0.05, 0) is 12.8 Å². The summed E-state index contributed by atoms with van der Waals surface area (Å²) in [5.74, 6) is 0.0356. The molecule has 61 heavy (non-hydrogen) atoms. The molecule has 0 aliphatic heterocycles. The van der Waals surface area contributed by atoms with E-state index in [0.717, 1.165) is 12.8 Å². The van der Waals surface area contributed by atoms with E-state index in [2.05, 4.69) is 13.8 Å². The summed E-state index contributed by atoms with van der Waals surface area (Å²) in [5, 5.41) is 0. The molecule has 0 atom stereocenters. The third kappa shape index (κ3) is 57.5. The summed E-state index contributed by atoms with van der Waals surface area (Å²) in [6.07, 6.45) is 77.3. The minimum absolute atomic E-state index is 0.0356. The van der Waals surface area contributed by atoms with Crippen LogP contribution in [0, 0.1) is 0 Å². The molecule has 0 rings (SSSR count). The first-order valence-corrected chi connectivity index (χ1v) is 29.5. The van der Waals surface area contributed by atoms with Crippen LogP contribution < -0.4 is 0 Å². The molecule has 0 aliphatic carbocycles. The fourth-order valence-electron chi connectivity index (χ4n) is 9.61. The molecule has 0 aromatic carbocycles. The van der Waals surface area contributed by atoms with Crippen molar-refractivity contribution in [3.63, 3.8) is 0 Å². The molecule has 0 aromatic heterocycles. The van der Waals surface area contributed by atoms with Crippen molar-refractivity contribution in [1.29, 1.82) is 0 Å². The van der Waals surface area contributed by atoms with E-state index >= 15 is 0 Å². The number of hydrogen-bond donors (Lipinski definition) is 0. The lowest BCUT2D eigenvalue weighted by atomic mass is 10.0. The largest absolute Gasteiger partial charge is 0.466 e. The Morgan fingerprint density at radius 2 is 0.361 bits per heavy atom. The monoisotopic (exact) mass is 859 g/mol. The second kappa shape index (κ2) is 57.5. The summed E-state index contributed by atoms with van der Waals surface area (Å²) in [7, 11) is 0. The van der Waals surface area contributed by atoms with Gasteiger partial charge >= 0.3 is 5.97 Å². The van der Waals surface area contributed by atoms with E-state index in [4.69, 9.17) is 4.74 Å². The number of ether oxygens (including phenoxy) is 1. The van der Waals surface area contributed by atoms with Gasteiger partial charge in [-0.1, -0.05) is 348 Å². The van der Waals surface area contributed by atoms with Crippen molar-refractivity contribution in [3.05, 3.63) is 0 Å². The van der Waals surface area contributed by atoms with Crippen LogP contribution >= 0.6 is 0 Å². The van der Waals surface area contributed by atoms with Crippen LogP contribution in [0.5, 0.6) is 0 Å². The lowest BCUT2D eigenvalue weighted by Gasteiger charge is -2.06. The molecule has 366 valence electrons. The highest BCUT2D eigenvalue weighted by Gasteiger charge is 2.03. The molecule has 0 bridgehead atoms. The molecule has 0 amide bonds. The van der Waals surface area contributed by atoms with Crippen LogP contribution in [-0.2, 0) is 9.53 Å². The van der Waals surface area contributed by atoms with E-state index in [1.54, 1.807) is 0 Å². The Hall–Kier alpha value is -0.530. The van der Waals surface area contributed by atoms with E-state index in [9.17, 15) is 4.79 Å². The van der Waals surface area contributed by atoms with Gasteiger partial charge in [0, 0.05) is 6.42 Å². The normalized spacial score (nSPS) is 11.6. The Kier molecular flexibility index (Phi) is 57.0. The van der Waals surface area contributed by atoms with Crippen LogP contribution in [0.25, 0.3) is 0 Å². The van der Waals surface area contributed by atoms with Gasteiger partial charge in [-0.15, -0.1) is 0 Å². The summed E-state index contributed by atoms with van der Waals surface area (Å²) in [6, 6.07) is 0. The van der Waals surface area contributed by atoms with E-state index < -0.39 is 0 Å². The van der Waals surface area contributed by atoms with Crippen LogP contribution in [0.2, 0.25) is 0 Å². The highest BCUT2D eigenvalue weighted by Crippen LogP contribution is 2.19. The highest BCUT2D eigenvalue weighted by atomic mass is 16.5. The first-order valence-electron chi connectivity index (χ1n) is 29.5. The van der Waals surface area contributed by atoms with Crippen molar-refractivity contribution in [2.24, 2.45) is 0 Å². The van der Waals surface area contributed by atoms with Crippen molar-refractivity contribution in [2.45, 2.75) is 367 Å². The molecule has 0 saturated heterocycles. The van der Waals surface area contributed by atoms with Crippen LogP contribution in [0.1, 0.15) is 367 Å². The maximum atomic E-state index is 12.1. The van der Waals surface area contributed by atoms with Crippen molar-refractivity contribution in [3.8, 4) is 0 Å². The van der Waals surface area contributed by atoms with Gasteiger partial charge in [-0.2, -0.15) is 0 Å². The van der Waals surface area contributed by atoms with Gasteiger partial charge in [0.25, 0.3) is 0 Å². The molecular weight excluding hydrogens is 741 g/mol. The van der Waals surface area contributed by atoms with Crippen LogP contribution in [0.15, 0.2) is 0 Å². The number of rotatable bonds is 56. The maximum Gasteiger partial charge on any atom is 0.305 e. The molecule has 0 saturated carbocycles. The first-order chi connectivity index (χ1) is 30.3. The Morgan fingerprint density at radius 1 is 0.213 bits per heavy atom. The number of hydrogen-bond acceptors (Lipinski definition) is 2. The zero-order valence-corrected chi connectivity index (χ0v) is 42.9. The van der Waals surface area contributed by atoms with Gasteiger partial charge < -0.3 is 4.74 Å². The predicted molar refractivity (Wildman–Crippen MR) is 276 cm³/mol. The van der Waals surface area contributed by atoms with Crippen LogP contribution in [-0.4, -0.2) is 12.6 Å². The zero-order chi connectivity index (χ0) is 43.9. The second-order valence-corrected chi connectivity index (χ2v) is 20.4. The summed E-state index contributed by atoms with van der Waals surface area (Å²) >= 11 is 0. The molecule has 0 unspecified atom stereocenters. The quantitative estimate of drug-likeness (QED) is 0.0450. The Balaban J connectivity index is 3.13. The highest BCUT2D eigenvalue weighted by molar-refractivity contribution is 5.69. The SMILES string of the molecule is CCCCCCCCCCCCCCCCCCCCCCCCCCCCCCCCCCCCCC(=O)OCCCCCCCCCCCCCCCCCCCCC. The molecule has 0 spiro atoms. The van der Waals surface area contributed by atoms with Gasteiger partial charge in [0.2, 0.25) is 0 Å². The Morgan fingerprint density at radius 3 is 0.541 bits per heavy atom. The van der Waals surface area contributed by atoms with Crippen molar-refractivity contribution in [1.82, 2.24) is 0 Å². The zero-order valence-electron chi connectivity index (χ0n) is 42.9. The standard InChI is InChI=1S/C59H118O2/c1-3-5-7-9-11-13-15-17-19-21-23-24-25-26-27-28-29-30-31-32-33-34-35-36-37-38-39-41-43-45-47-49-51-53-55-57-59(60)61-58-56-54-52-50-48-46-44-42-40-22-20-18-16-14-12-10-8-6-4-2/h3-58H2,1-2H3. The van der Waals surface area contributed by atoms with Gasteiger partial charge in [0.15, 0.2) is 0 Å². The molecule has 0 heterocycles. The number of carbonyl (C=O) groups excluding carboxylic acids is 1. The van der Waals surface area contributed by atoms with Crippen molar-refractivity contribution >= 4 is 5.97 Å². The smallest absolute Gasteiger partial charge is 0.305 e. The van der Waals surface area contributed by atoms with E-state index in [1.807, 2.05) is 0 Å². The molecule has 2 nitrogen and oxygen atoms in total. The summed E-state index contributed by atoms with van der Waals surface area (Å²) in [4.78, 5) is 12.1. The van der Waals surface area contributed by atoms with E-state index in [0.29, 0.717) is 13.0 Å². The number of carbonyl (C=O) groups is 1. The summed E-state index contributed by atoms with van der Waals surface area (Å²) in [5.41, 5.74) is 0. The third-order valence-corrected chi connectivity index (χ3v) is 14.0. The van der Waals surface area contributed by atoms with Crippen LogP contribution in [0.3, 0.4) is 0 Å². The van der Waals surface area contributed by atoms with Gasteiger partial charge in [-0.3, -0.25) is 4.79 Å².